The monoisotopic (exact) mass is 367 g/mol. The molecule has 1 aliphatic heterocycles. The van der Waals surface area contributed by atoms with Crippen molar-refractivity contribution in [1.29, 1.82) is 0 Å². The summed E-state index contributed by atoms with van der Waals surface area (Å²) in [6.07, 6.45) is 3.31. The first-order valence-electron chi connectivity index (χ1n) is 6.90. The number of likely N-dealkylation sites (tertiary alicyclic amines) is 1. The van der Waals surface area contributed by atoms with E-state index < -0.39 is 11.6 Å². The second kappa shape index (κ2) is 10.2. The Morgan fingerprint density at radius 1 is 1.04 bits per heavy atom. The first-order valence-corrected chi connectivity index (χ1v) is 6.90. The van der Waals surface area contributed by atoms with Crippen LogP contribution in [0.5, 0.6) is 0 Å². The number of piperidine rings is 1. The van der Waals surface area contributed by atoms with E-state index in [-0.39, 0.29) is 42.9 Å². The Morgan fingerprint density at radius 3 is 2.17 bits per heavy atom. The van der Waals surface area contributed by atoms with E-state index in [4.69, 9.17) is 11.5 Å². The summed E-state index contributed by atoms with van der Waals surface area (Å²) in [4.78, 5) is 9.78. The maximum absolute atomic E-state index is 13.4. The predicted octanol–water partition coefficient (Wildman–Crippen LogP) is 2.42. The van der Waals surface area contributed by atoms with E-state index in [1.807, 2.05) is 4.90 Å². The Bertz CT molecular complexity index is 540. The summed E-state index contributed by atoms with van der Waals surface area (Å²) < 4.78 is 26.9. The molecule has 1 aromatic rings. The minimum atomic E-state index is -0.653. The molecule has 23 heavy (non-hydrogen) atoms. The van der Waals surface area contributed by atoms with Crippen LogP contribution in [0.2, 0.25) is 0 Å². The Morgan fingerprint density at radius 2 is 1.61 bits per heavy atom. The number of hydrogen-bond acceptors (Lipinski definition) is 1. The van der Waals surface area contributed by atoms with Gasteiger partial charge in [-0.15, -0.1) is 24.8 Å². The van der Waals surface area contributed by atoms with Gasteiger partial charge < -0.3 is 16.4 Å². The lowest BCUT2D eigenvalue weighted by atomic mass is 10.1. The van der Waals surface area contributed by atoms with Crippen molar-refractivity contribution in [3.63, 3.8) is 0 Å². The van der Waals surface area contributed by atoms with E-state index in [9.17, 15) is 8.78 Å². The zero-order valence-corrected chi connectivity index (χ0v) is 14.2. The van der Waals surface area contributed by atoms with E-state index in [0.717, 1.165) is 25.9 Å². The van der Waals surface area contributed by atoms with Gasteiger partial charge in [-0.05, 0) is 31.4 Å². The summed E-state index contributed by atoms with van der Waals surface area (Å²) in [5.74, 6) is -1.09. The fraction of sp³-hybridized carbons (Fsp3) is 0.429. The van der Waals surface area contributed by atoms with Gasteiger partial charge in [-0.1, -0.05) is 6.07 Å². The van der Waals surface area contributed by atoms with E-state index in [2.05, 4.69) is 9.98 Å². The molecular weight excluding hydrogens is 347 g/mol. The van der Waals surface area contributed by atoms with Gasteiger partial charge in [0.2, 0.25) is 5.96 Å². The van der Waals surface area contributed by atoms with Crippen LogP contribution in [0.4, 0.5) is 8.78 Å². The zero-order chi connectivity index (χ0) is 15.2. The minimum absolute atomic E-state index is 0. The highest BCUT2D eigenvalue weighted by Gasteiger charge is 2.12. The summed E-state index contributed by atoms with van der Waals surface area (Å²) in [5.41, 5.74) is 11.4. The van der Waals surface area contributed by atoms with Gasteiger partial charge >= 0.3 is 0 Å². The molecule has 0 saturated carbocycles. The van der Waals surface area contributed by atoms with Gasteiger partial charge in [0.1, 0.15) is 11.6 Å². The van der Waals surface area contributed by atoms with Crippen molar-refractivity contribution in [1.82, 2.24) is 4.90 Å². The second-order valence-electron chi connectivity index (χ2n) is 4.89. The van der Waals surface area contributed by atoms with E-state index in [0.29, 0.717) is 5.96 Å². The quantitative estimate of drug-likeness (QED) is 0.622. The SMILES string of the molecule is Cl.Cl.NC(=NCc1c(F)cccc1F)/N=C(/N)N1CCCCC1. The molecule has 0 amide bonds. The topological polar surface area (TPSA) is 80.0 Å². The van der Waals surface area contributed by atoms with Gasteiger partial charge in [0.25, 0.3) is 0 Å². The number of aliphatic imine (C=N–C) groups is 2. The fourth-order valence-electron chi connectivity index (χ4n) is 2.19. The molecule has 5 nitrogen and oxygen atoms in total. The molecule has 4 N–H and O–H groups in total. The largest absolute Gasteiger partial charge is 0.369 e. The van der Waals surface area contributed by atoms with Crippen LogP contribution in [0.1, 0.15) is 24.8 Å². The average molecular weight is 368 g/mol. The molecule has 1 saturated heterocycles. The molecule has 130 valence electrons. The van der Waals surface area contributed by atoms with Gasteiger partial charge in [-0.3, -0.25) is 0 Å². The van der Waals surface area contributed by atoms with Crippen LogP contribution in [0, 0.1) is 11.6 Å². The number of nitrogens with zero attached hydrogens (tertiary/aromatic N) is 3. The van der Waals surface area contributed by atoms with Crippen molar-refractivity contribution >= 4 is 36.7 Å². The van der Waals surface area contributed by atoms with E-state index >= 15 is 0 Å². The Labute approximate surface area is 146 Å². The van der Waals surface area contributed by atoms with Crippen molar-refractivity contribution in [2.75, 3.05) is 13.1 Å². The molecule has 1 fully saturated rings. The number of nitrogens with two attached hydrogens (primary N) is 2. The molecule has 0 atom stereocenters. The van der Waals surface area contributed by atoms with Gasteiger partial charge in [0, 0.05) is 18.7 Å². The number of benzene rings is 1. The summed E-state index contributed by atoms with van der Waals surface area (Å²) in [6.45, 7) is 1.47. The molecule has 9 heteroatoms. The van der Waals surface area contributed by atoms with Crippen LogP contribution < -0.4 is 11.5 Å². The van der Waals surface area contributed by atoms with Gasteiger partial charge in [0.05, 0.1) is 6.54 Å². The third kappa shape index (κ3) is 6.19. The molecule has 0 aliphatic carbocycles. The molecule has 0 unspecified atom stereocenters. The van der Waals surface area contributed by atoms with Crippen LogP contribution >= 0.6 is 24.8 Å². The van der Waals surface area contributed by atoms with Crippen LogP contribution in [0.15, 0.2) is 28.2 Å². The highest BCUT2D eigenvalue weighted by molar-refractivity contribution is 5.93. The van der Waals surface area contributed by atoms with Crippen molar-refractivity contribution in [2.24, 2.45) is 21.5 Å². The molecule has 0 bridgehead atoms. The lowest BCUT2D eigenvalue weighted by Crippen LogP contribution is -2.41. The molecule has 0 spiro atoms. The molecule has 0 radical (unpaired) electrons. The molecular formula is C14H21Cl2F2N5. The number of rotatable bonds is 2. The van der Waals surface area contributed by atoms with Crippen molar-refractivity contribution < 1.29 is 8.78 Å². The molecule has 1 heterocycles. The van der Waals surface area contributed by atoms with Gasteiger partial charge in [-0.25, -0.2) is 13.8 Å². The standard InChI is InChI=1S/C14H19F2N5.2ClH/c15-11-5-4-6-12(16)10(11)9-19-13(17)20-14(18)21-7-2-1-3-8-21;;/h4-6H,1-3,7-9H2,(H4,17,18,19,20);2*1H. The average Bonchev–Trinajstić information content (AvgIpc) is 2.47. The lowest BCUT2D eigenvalue weighted by molar-refractivity contribution is 0.339. The number of guanidine groups is 2. The Balaban J connectivity index is 0.00000242. The molecule has 1 aliphatic rings. The van der Waals surface area contributed by atoms with Gasteiger partial charge in [-0.2, -0.15) is 4.99 Å². The first-order chi connectivity index (χ1) is 10.1. The highest BCUT2D eigenvalue weighted by atomic mass is 35.5. The van der Waals surface area contributed by atoms with Crippen LogP contribution in [0.3, 0.4) is 0 Å². The highest BCUT2D eigenvalue weighted by Crippen LogP contribution is 2.13. The summed E-state index contributed by atoms with van der Waals surface area (Å²) in [5, 5.41) is 0. The van der Waals surface area contributed by atoms with Gasteiger partial charge in [0.15, 0.2) is 5.96 Å². The Hall–Kier alpha value is -1.60. The lowest BCUT2D eigenvalue weighted by Gasteiger charge is -2.27. The number of halogens is 4. The summed E-state index contributed by atoms with van der Waals surface area (Å²) in [6, 6.07) is 3.65. The van der Waals surface area contributed by atoms with Crippen molar-refractivity contribution in [2.45, 2.75) is 25.8 Å². The van der Waals surface area contributed by atoms with Crippen LogP contribution in [-0.4, -0.2) is 29.9 Å². The second-order valence-corrected chi connectivity index (χ2v) is 4.89. The molecule has 0 aromatic heterocycles. The van der Waals surface area contributed by atoms with E-state index in [1.165, 1.54) is 24.6 Å². The number of hydrogen-bond donors (Lipinski definition) is 2. The van der Waals surface area contributed by atoms with Crippen LogP contribution in [-0.2, 0) is 6.54 Å². The maximum atomic E-state index is 13.4. The maximum Gasteiger partial charge on any atom is 0.218 e. The Kier molecular flexibility index (Phi) is 9.52. The normalized spacial score (nSPS) is 15.7. The molecule has 1 aromatic carbocycles. The molecule has 2 rings (SSSR count). The smallest absolute Gasteiger partial charge is 0.218 e. The summed E-state index contributed by atoms with van der Waals surface area (Å²) in [7, 11) is 0. The predicted molar refractivity (Wildman–Crippen MR) is 93.2 cm³/mol. The summed E-state index contributed by atoms with van der Waals surface area (Å²) >= 11 is 0. The van der Waals surface area contributed by atoms with Crippen molar-refractivity contribution in [3.05, 3.63) is 35.4 Å². The van der Waals surface area contributed by atoms with E-state index in [1.54, 1.807) is 0 Å². The first kappa shape index (κ1) is 21.4. The minimum Gasteiger partial charge on any atom is -0.369 e. The fourth-order valence-corrected chi connectivity index (χ4v) is 2.19. The zero-order valence-electron chi connectivity index (χ0n) is 12.5. The van der Waals surface area contributed by atoms with Crippen molar-refractivity contribution in [3.8, 4) is 0 Å². The third-order valence-electron chi connectivity index (χ3n) is 3.37. The third-order valence-corrected chi connectivity index (χ3v) is 3.37. The van der Waals surface area contributed by atoms with Crippen LogP contribution in [0.25, 0.3) is 0 Å².